The Hall–Kier alpha value is -1.36. The predicted molar refractivity (Wildman–Crippen MR) is 68.1 cm³/mol. The fourth-order valence-corrected chi connectivity index (χ4v) is 2.87. The number of thiophene rings is 1. The van der Waals surface area contributed by atoms with Crippen molar-refractivity contribution in [2.24, 2.45) is 5.92 Å². The minimum atomic E-state index is -0.959. The van der Waals surface area contributed by atoms with Gasteiger partial charge in [-0.25, -0.2) is 4.79 Å². The van der Waals surface area contributed by atoms with Gasteiger partial charge >= 0.3 is 5.97 Å². The molecule has 0 unspecified atom stereocenters. The van der Waals surface area contributed by atoms with Gasteiger partial charge in [0.25, 0.3) is 5.91 Å². The van der Waals surface area contributed by atoms with E-state index < -0.39 is 5.97 Å². The van der Waals surface area contributed by atoms with Gasteiger partial charge in [0.2, 0.25) is 0 Å². The van der Waals surface area contributed by atoms with E-state index in [9.17, 15) is 9.59 Å². The first kappa shape index (κ1) is 11.7. The van der Waals surface area contributed by atoms with Crippen LogP contribution in [0.1, 0.15) is 45.0 Å². The van der Waals surface area contributed by atoms with Gasteiger partial charge in [0.1, 0.15) is 4.88 Å². The molecular formula is C13H15NO3S. The fraction of sp³-hybridized carbons (Fsp3) is 0.538. The SMILES string of the molecule is O=C(O)c1ccc(C(=O)N(CC2CC2)C2CC2)s1. The van der Waals surface area contributed by atoms with Crippen molar-refractivity contribution in [3.63, 3.8) is 0 Å². The van der Waals surface area contributed by atoms with E-state index in [-0.39, 0.29) is 10.8 Å². The molecule has 4 nitrogen and oxygen atoms in total. The van der Waals surface area contributed by atoms with Crippen LogP contribution in [0.5, 0.6) is 0 Å². The summed E-state index contributed by atoms with van der Waals surface area (Å²) in [6.07, 6.45) is 4.63. The minimum absolute atomic E-state index is 0.0156. The third-order valence-corrected chi connectivity index (χ3v) is 4.49. The van der Waals surface area contributed by atoms with Gasteiger partial charge in [0.15, 0.2) is 0 Å². The van der Waals surface area contributed by atoms with Gasteiger partial charge in [-0.15, -0.1) is 11.3 Å². The molecule has 0 saturated heterocycles. The Kier molecular flexibility index (Phi) is 2.86. The van der Waals surface area contributed by atoms with Gasteiger partial charge in [-0.2, -0.15) is 0 Å². The van der Waals surface area contributed by atoms with Crippen LogP contribution in [-0.2, 0) is 0 Å². The summed E-state index contributed by atoms with van der Waals surface area (Å²) in [6.45, 7) is 0.851. The fourth-order valence-electron chi connectivity index (χ4n) is 2.07. The molecule has 18 heavy (non-hydrogen) atoms. The Labute approximate surface area is 109 Å². The molecule has 0 bridgehead atoms. The standard InChI is InChI=1S/C13H15NO3S/c15-12(10-5-6-11(18-10)13(16)17)14(9-3-4-9)7-8-1-2-8/h5-6,8-9H,1-4,7H2,(H,16,17). The van der Waals surface area contributed by atoms with Crippen LogP contribution in [0.3, 0.4) is 0 Å². The number of amides is 1. The van der Waals surface area contributed by atoms with Crippen LogP contribution in [-0.4, -0.2) is 34.5 Å². The molecule has 1 aromatic rings. The molecule has 2 aliphatic rings. The molecule has 0 radical (unpaired) electrons. The highest BCUT2D eigenvalue weighted by atomic mass is 32.1. The smallest absolute Gasteiger partial charge is 0.345 e. The number of carboxylic acids is 1. The molecule has 1 amide bonds. The van der Waals surface area contributed by atoms with E-state index in [0.29, 0.717) is 16.8 Å². The lowest BCUT2D eigenvalue weighted by Crippen LogP contribution is -2.34. The lowest BCUT2D eigenvalue weighted by molar-refractivity contribution is 0.0701. The summed E-state index contributed by atoms with van der Waals surface area (Å²) in [5.41, 5.74) is 0. The summed E-state index contributed by atoms with van der Waals surface area (Å²) in [5.74, 6) is -0.269. The highest BCUT2D eigenvalue weighted by Gasteiger charge is 2.37. The number of carbonyl (C=O) groups excluding carboxylic acids is 1. The van der Waals surface area contributed by atoms with Crippen LogP contribution in [0.4, 0.5) is 0 Å². The average Bonchev–Trinajstić information content (AvgIpc) is 3.24. The number of hydrogen-bond donors (Lipinski definition) is 1. The topological polar surface area (TPSA) is 57.6 Å². The Morgan fingerprint density at radius 2 is 1.89 bits per heavy atom. The molecule has 0 aliphatic heterocycles. The van der Waals surface area contributed by atoms with Gasteiger partial charge in [0, 0.05) is 12.6 Å². The largest absolute Gasteiger partial charge is 0.477 e. The predicted octanol–water partition coefficient (Wildman–Crippen LogP) is 2.46. The molecule has 1 heterocycles. The summed E-state index contributed by atoms with van der Waals surface area (Å²) in [7, 11) is 0. The molecule has 0 aromatic carbocycles. The maximum Gasteiger partial charge on any atom is 0.345 e. The van der Waals surface area contributed by atoms with Crippen molar-refractivity contribution >= 4 is 23.2 Å². The first-order chi connectivity index (χ1) is 8.65. The Morgan fingerprint density at radius 1 is 1.22 bits per heavy atom. The van der Waals surface area contributed by atoms with E-state index in [2.05, 4.69) is 0 Å². The van der Waals surface area contributed by atoms with E-state index in [1.54, 1.807) is 6.07 Å². The summed E-state index contributed by atoms with van der Waals surface area (Å²) >= 11 is 1.08. The Bertz CT molecular complexity index is 488. The molecule has 3 rings (SSSR count). The molecule has 0 atom stereocenters. The second kappa shape index (κ2) is 4.39. The van der Waals surface area contributed by atoms with Crippen molar-refractivity contribution in [1.82, 2.24) is 4.90 Å². The van der Waals surface area contributed by atoms with Crippen molar-refractivity contribution in [2.75, 3.05) is 6.54 Å². The summed E-state index contributed by atoms with van der Waals surface area (Å²) in [4.78, 5) is 25.9. The first-order valence-electron chi connectivity index (χ1n) is 6.29. The van der Waals surface area contributed by atoms with Gasteiger partial charge in [-0.1, -0.05) is 0 Å². The highest BCUT2D eigenvalue weighted by Crippen LogP contribution is 2.36. The van der Waals surface area contributed by atoms with Crippen molar-refractivity contribution < 1.29 is 14.7 Å². The summed E-state index contributed by atoms with van der Waals surface area (Å²) in [6, 6.07) is 3.55. The van der Waals surface area contributed by atoms with E-state index in [1.165, 1.54) is 18.9 Å². The maximum atomic E-state index is 12.4. The third kappa shape index (κ3) is 2.41. The molecule has 1 aromatic heterocycles. The van der Waals surface area contributed by atoms with E-state index in [1.807, 2.05) is 4.90 Å². The first-order valence-corrected chi connectivity index (χ1v) is 7.11. The molecule has 96 valence electrons. The Balaban J connectivity index is 1.75. The highest BCUT2D eigenvalue weighted by molar-refractivity contribution is 7.15. The number of carbonyl (C=O) groups is 2. The molecule has 5 heteroatoms. The van der Waals surface area contributed by atoms with Crippen LogP contribution < -0.4 is 0 Å². The van der Waals surface area contributed by atoms with Gasteiger partial charge < -0.3 is 10.0 Å². The number of hydrogen-bond acceptors (Lipinski definition) is 3. The van der Waals surface area contributed by atoms with Crippen LogP contribution in [0.2, 0.25) is 0 Å². The lowest BCUT2D eigenvalue weighted by atomic mass is 10.3. The van der Waals surface area contributed by atoms with Crippen LogP contribution in [0.15, 0.2) is 12.1 Å². The van der Waals surface area contributed by atoms with Crippen molar-refractivity contribution in [1.29, 1.82) is 0 Å². The second-order valence-electron chi connectivity index (χ2n) is 5.10. The van der Waals surface area contributed by atoms with E-state index in [4.69, 9.17) is 5.11 Å². The maximum absolute atomic E-state index is 12.4. The third-order valence-electron chi connectivity index (χ3n) is 3.43. The van der Waals surface area contributed by atoms with Crippen molar-refractivity contribution in [3.8, 4) is 0 Å². The van der Waals surface area contributed by atoms with Crippen LogP contribution in [0.25, 0.3) is 0 Å². The quantitative estimate of drug-likeness (QED) is 0.889. The zero-order valence-electron chi connectivity index (χ0n) is 9.96. The molecule has 1 N–H and O–H groups in total. The molecule has 2 aliphatic carbocycles. The number of rotatable bonds is 5. The average molecular weight is 265 g/mol. The summed E-state index contributed by atoms with van der Waals surface area (Å²) in [5, 5.41) is 8.88. The number of aromatic carboxylic acids is 1. The molecule has 0 spiro atoms. The number of nitrogens with zero attached hydrogens (tertiary/aromatic N) is 1. The van der Waals surface area contributed by atoms with Crippen LogP contribution in [0, 0.1) is 5.92 Å². The molecule has 2 fully saturated rings. The molecular weight excluding hydrogens is 250 g/mol. The minimum Gasteiger partial charge on any atom is -0.477 e. The Morgan fingerprint density at radius 3 is 2.39 bits per heavy atom. The van der Waals surface area contributed by atoms with Crippen molar-refractivity contribution in [3.05, 3.63) is 21.9 Å². The van der Waals surface area contributed by atoms with Gasteiger partial charge in [0.05, 0.1) is 4.88 Å². The van der Waals surface area contributed by atoms with Gasteiger partial charge in [-0.05, 0) is 43.7 Å². The monoisotopic (exact) mass is 265 g/mol. The normalized spacial score (nSPS) is 18.7. The van der Waals surface area contributed by atoms with Crippen LogP contribution >= 0.6 is 11.3 Å². The van der Waals surface area contributed by atoms with E-state index >= 15 is 0 Å². The van der Waals surface area contributed by atoms with E-state index in [0.717, 1.165) is 30.7 Å². The lowest BCUT2D eigenvalue weighted by Gasteiger charge is -2.21. The van der Waals surface area contributed by atoms with Gasteiger partial charge in [-0.3, -0.25) is 4.79 Å². The zero-order valence-corrected chi connectivity index (χ0v) is 10.8. The molecule has 2 saturated carbocycles. The number of carboxylic acid groups (broad SMARTS) is 1. The summed E-state index contributed by atoms with van der Waals surface area (Å²) < 4.78 is 0. The second-order valence-corrected chi connectivity index (χ2v) is 6.18. The zero-order chi connectivity index (χ0) is 12.7. The van der Waals surface area contributed by atoms with Crippen molar-refractivity contribution in [2.45, 2.75) is 31.7 Å².